The molecule has 1 amide bonds. The van der Waals surface area contributed by atoms with Gasteiger partial charge in [0.15, 0.2) is 17.1 Å². The number of carbonyl (C=O) groups is 1. The average molecular weight is 423 g/mol. The summed E-state index contributed by atoms with van der Waals surface area (Å²) in [7, 11) is 5.02. The lowest BCUT2D eigenvalue weighted by Gasteiger charge is -2.08. The molecule has 0 saturated carbocycles. The molecule has 0 aliphatic carbocycles. The van der Waals surface area contributed by atoms with Gasteiger partial charge in [-0.2, -0.15) is 5.10 Å². The molecule has 1 aromatic carbocycles. The van der Waals surface area contributed by atoms with Crippen molar-refractivity contribution in [3.8, 4) is 22.1 Å². The van der Waals surface area contributed by atoms with E-state index in [-0.39, 0.29) is 5.91 Å². The predicted octanol–water partition coefficient (Wildman–Crippen LogP) is 3.98. The van der Waals surface area contributed by atoms with Crippen molar-refractivity contribution in [3.63, 3.8) is 0 Å². The van der Waals surface area contributed by atoms with E-state index in [0.29, 0.717) is 27.8 Å². The lowest BCUT2D eigenvalue weighted by molar-refractivity contribution is 0.103. The van der Waals surface area contributed by atoms with Crippen LogP contribution in [-0.4, -0.2) is 39.9 Å². The van der Waals surface area contributed by atoms with Gasteiger partial charge in [0.25, 0.3) is 5.91 Å². The van der Waals surface area contributed by atoms with E-state index in [1.165, 1.54) is 11.3 Å². The van der Waals surface area contributed by atoms with Gasteiger partial charge >= 0.3 is 0 Å². The topological polar surface area (TPSA) is 91.2 Å². The van der Waals surface area contributed by atoms with Crippen molar-refractivity contribution < 1.29 is 14.3 Å². The second-order valence-corrected chi connectivity index (χ2v) is 7.76. The van der Waals surface area contributed by atoms with Crippen molar-refractivity contribution in [1.82, 2.24) is 19.7 Å². The first-order chi connectivity index (χ1) is 14.4. The maximum absolute atomic E-state index is 12.9. The van der Waals surface area contributed by atoms with E-state index in [1.54, 1.807) is 25.1 Å². The van der Waals surface area contributed by atoms with Crippen LogP contribution >= 0.6 is 11.3 Å². The molecule has 9 heteroatoms. The Morgan fingerprint density at radius 2 is 1.87 bits per heavy atom. The summed E-state index contributed by atoms with van der Waals surface area (Å²) in [4.78, 5) is 22.4. The van der Waals surface area contributed by atoms with E-state index < -0.39 is 0 Å². The molecule has 8 nitrogen and oxygen atoms in total. The van der Waals surface area contributed by atoms with Gasteiger partial charge in [0.1, 0.15) is 9.88 Å². The van der Waals surface area contributed by atoms with Crippen LogP contribution in [0.25, 0.3) is 21.6 Å². The van der Waals surface area contributed by atoms with Crippen LogP contribution in [0.4, 0.5) is 5.69 Å². The van der Waals surface area contributed by atoms with Gasteiger partial charge in [-0.1, -0.05) is 0 Å². The number of aryl methyl sites for hydroxylation is 3. The van der Waals surface area contributed by atoms with E-state index in [1.807, 2.05) is 45.2 Å². The number of nitrogens with zero attached hydrogens (tertiary/aromatic N) is 4. The summed E-state index contributed by atoms with van der Waals surface area (Å²) in [6, 6.07) is 7.45. The number of methoxy groups -OCH3 is 2. The van der Waals surface area contributed by atoms with E-state index in [2.05, 4.69) is 20.4 Å². The Balaban J connectivity index is 1.61. The Kier molecular flexibility index (Phi) is 5.13. The van der Waals surface area contributed by atoms with Crippen molar-refractivity contribution in [3.05, 3.63) is 46.7 Å². The first-order valence-corrected chi connectivity index (χ1v) is 10.0. The van der Waals surface area contributed by atoms with Gasteiger partial charge in [0, 0.05) is 18.0 Å². The van der Waals surface area contributed by atoms with Crippen molar-refractivity contribution in [2.75, 3.05) is 19.5 Å². The number of rotatable bonds is 5. The summed E-state index contributed by atoms with van der Waals surface area (Å²) in [5.41, 5.74) is 3.77. The normalized spacial score (nSPS) is 11.0. The van der Waals surface area contributed by atoms with E-state index in [9.17, 15) is 4.79 Å². The summed E-state index contributed by atoms with van der Waals surface area (Å²) in [6.45, 7) is 3.74. The zero-order valence-electron chi connectivity index (χ0n) is 17.3. The van der Waals surface area contributed by atoms with Crippen molar-refractivity contribution in [2.45, 2.75) is 13.8 Å². The number of amides is 1. The van der Waals surface area contributed by atoms with Crippen LogP contribution in [0, 0.1) is 13.8 Å². The van der Waals surface area contributed by atoms with Gasteiger partial charge in [-0.3, -0.25) is 9.48 Å². The SMILES string of the molecule is COc1ccc(-c2nc(C)c(C(=O)Nc3cnc4c(c3)c(C)nn4C)s2)cc1OC. The Hall–Kier alpha value is -3.46. The van der Waals surface area contributed by atoms with Crippen molar-refractivity contribution >= 4 is 34.0 Å². The Morgan fingerprint density at radius 3 is 2.60 bits per heavy atom. The first kappa shape index (κ1) is 19.8. The molecule has 0 spiro atoms. The Morgan fingerprint density at radius 1 is 1.10 bits per heavy atom. The molecule has 3 heterocycles. The smallest absolute Gasteiger partial charge is 0.267 e. The number of fused-ring (bicyclic) bond motifs is 1. The minimum Gasteiger partial charge on any atom is -0.493 e. The molecule has 1 N–H and O–H groups in total. The summed E-state index contributed by atoms with van der Waals surface area (Å²) in [5, 5.41) is 8.92. The van der Waals surface area contributed by atoms with Crippen LogP contribution in [0.1, 0.15) is 21.1 Å². The van der Waals surface area contributed by atoms with Crippen LogP contribution in [-0.2, 0) is 7.05 Å². The fourth-order valence-corrected chi connectivity index (χ4v) is 4.22. The highest BCUT2D eigenvalue weighted by molar-refractivity contribution is 7.17. The number of pyridine rings is 1. The molecule has 4 aromatic rings. The maximum Gasteiger partial charge on any atom is 0.267 e. The van der Waals surface area contributed by atoms with Gasteiger partial charge in [-0.15, -0.1) is 11.3 Å². The molecule has 154 valence electrons. The minimum atomic E-state index is -0.223. The first-order valence-electron chi connectivity index (χ1n) is 9.21. The standard InChI is InChI=1S/C21H21N5O3S/c1-11-15-9-14(10-22-19(15)26(3)25-11)24-20(27)18-12(2)23-21(30-18)13-6-7-16(28-4)17(8-13)29-5/h6-10H,1-5H3,(H,24,27). The second kappa shape index (κ2) is 7.75. The van der Waals surface area contributed by atoms with E-state index in [0.717, 1.165) is 27.3 Å². The average Bonchev–Trinajstić information content (AvgIpc) is 3.27. The quantitative estimate of drug-likeness (QED) is 0.522. The van der Waals surface area contributed by atoms with Crippen LogP contribution in [0.5, 0.6) is 11.5 Å². The largest absolute Gasteiger partial charge is 0.493 e. The van der Waals surface area contributed by atoms with Gasteiger partial charge in [0.2, 0.25) is 0 Å². The van der Waals surface area contributed by atoms with E-state index >= 15 is 0 Å². The number of nitrogens with one attached hydrogen (secondary N) is 1. The van der Waals surface area contributed by atoms with Gasteiger partial charge < -0.3 is 14.8 Å². The number of benzene rings is 1. The van der Waals surface area contributed by atoms with Gasteiger partial charge in [-0.05, 0) is 38.1 Å². The Bertz CT molecular complexity index is 1260. The molecule has 0 unspecified atom stereocenters. The van der Waals surface area contributed by atoms with Crippen molar-refractivity contribution in [1.29, 1.82) is 0 Å². The van der Waals surface area contributed by atoms with E-state index in [4.69, 9.17) is 9.47 Å². The molecule has 3 aromatic heterocycles. The molecule has 0 saturated heterocycles. The number of hydrogen-bond donors (Lipinski definition) is 1. The summed E-state index contributed by atoms with van der Waals surface area (Å²) < 4.78 is 12.4. The third kappa shape index (κ3) is 3.48. The summed E-state index contributed by atoms with van der Waals surface area (Å²) >= 11 is 1.33. The third-order valence-corrected chi connectivity index (χ3v) is 5.96. The molecule has 4 rings (SSSR count). The third-order valence-electron chi connectivity index (χ3n) is 4.75. The monoisotopic (exact) mass is 423 g/mol. The molecular weight excluding hydrogens is 402 g/mol. The molecule has 0 fully saturated rings. The second-order valence-electron chi connectivity index (χ2n) is 6.76. The molecule has 30 heavy (non-hydrogen) atoms. The minimum absolute atomic E-state index is 0.223. The molecule has 0 atom stereocenters. The number of thiazole rings is 1. The Labute approximate surface area is 177 Å². The number of anilines is 1. The van der Waals surface area contributed by atoms with Crippen LogP contribution in [0.2, 0.25) is 0 Å². The highest BCUT2D eigenvalue weighted by Gasteiger charge is 2.18. The lowest BCUT2D eigenvalue weighted by atomic mass is 10.2. The highest BCUT2D eigenvalue weighted by atomic mass is 32.1. The van der Waals surface area contributed by atoms with Crippen molar-refractivity contribution in [2.24, 2.45) is 7.05 Å². The molecule has 0 aliphatic heterocycles. The molecule has 0 radical (unpaired) electrons. The number of carbonyl (C=O) groups excluding carboxylic acids is 1. The molecule has 0 aliphatic rings. The predicted molar refractivity (Wildman–Crippen MR) is 117 cm³/mol. The number of ether oxygens (including phenoxy) is 2. The molecule has 0 bridgehead atoms. The fraction of sp³-hybridized carbons (Fsp3) is 0.238. The summed E-state index contributed by atoms with van der Waals surface area (Å²) in [5.74, 6) is 1.03. The number of hydrogen-bond acceptors (Lipinski definition) is 7. The van der Waals surface area contributed by atoms with Crippen LogP contribution < -0.4 is 14.8 Å². The van der Waals surface area contributed by atoms with Crippen LogP contribution in [0.3, 0.4) is 0 Å². The number of aromatic nitrogens is 4. The zero-order chi connectivity index (χ0) is 21.4. The van der Waals surface area contributed by atoms with Gasteiger partial charge in [0.05, 0.1) is 37.5 Å². The molecular formula is C21H21N5O3S. The van der Waals surface area contributed by atoms with Gasteiger partial charge in [-0.25, -0.2) is 9.97 Å². The highest BCUT2D eigenvalue weighted by Crippen LogP contribution is 2.35. The lowest BCUT2D eigenvalue weighted by Crippen LogP contribution is -2.11. The fourth-order valence-electron chi connectivity index (χ4n) is 3.26. The zero-order valence-corrected chi connectivity index (χ0v) is 18.1. The summed E-state index contributed by atoms with van der Waals surface area (Å²) in [6.07, 6.45) is 1.63. The van der Waals surface area contributed by atoms with Crippen LogP contribution in [0.15, 0.2) is 30.5 Å². The maximum atomic E-state index is 12.9.